The Balaban J connectivity index is 1.77. The Kier molecular flexibility index (Phi) is 8.44. The van der Waals surface area contributed by atoms with Gasteiger partial charge in [-0.3, -0.25) is 4.90 Å². The highest BCUT2D eigenvalue weighted by Gasteiger charge is 2.43. The van der Waals surface area contributed by atoms with Gasteiger partial charge in [-0.2, -0.15) is 0 Å². The summed E-state index contributed by atoms with van der Waals surface area (Å²) in [4.78, 5) is 2.61. The summed E-state index contributed by atoms with van der Waals surface area (Å²) in [6.45, 7) is 5.75. The van der Waals surface area contributed by atoms with Gasteiger partial charge in [0.15, 0.2) is 11.5 Å². The second kappa shape index (κ2) is 10.8. The van der Waals surface area contributed by atoms with Crippen molar-refractivity contribution in [2.45, 2.75) is 36.8 Å². The van der Waals surface area contributed by atoms with Crippen LogP contribution in [-0.4, -0.2) is 48.4 Å². The first kappa shape index (κ1) is 23.4. The maximum absolute atomic E-state index is 5.53. The van der Waals surface area contributed by atoms with Crippen LogP contribution in [0.4, 0.5) is 0 Å². The molecule has 2 unspecified atom stereocenters. The van der Waals surface area contributed by atoms with Crippen LogP contribution < -0.4 is 9.47 Å². The summed E-state index contributed by atoms with van der Waals surface area (Å²) in [5, 5.41) is 0. The van der Waals surface area contributed by atoms with E-state index in [0.717, 1.165) is 24.5 Å². The third kappa shape index (κ3) is 5.30. The van der Waals surface area contributed by atoms with Gasteiger partial charge in [-0.15, -0.1) is 23.5 Å². The molecule has 2 atom stereocenters. The Bertz CT molecular complexity index is 793. The van der Waals surface area contributed by atoms with Crippen molar-refractivity contribution in [3.8, 4) is 11.5 Å². The number of hydrogen-bond donors (Lipinski definition) is 0. The number of benzene rings is 2. The van der Waals surface area contributed by atoms with Crippen LogP contribution in [0.1, 0.15) is 37.3 Å². The number of thioether (sulfide) groups is 2. The zero-order valence-electron chi connectivity index (χ0n) is 18.9. The molecule has 0 spiro atoms. The molecule has 0 amide bonds. The van der Waals surface area contributed by atoms with E-state index in [1.165, 1.54) is 29.1 Å². The second-order valence-corrected chi connectivity index (χ2v) is 11.1. The SMILES string of the molecule is COc1ccc(C(C)CN(C)C2(C(C)Cc3ccccc3)SCCCS2)cc1OC. The van der Waals surface area contributed by atoms with Crippen LogP contribution in [0.3, 0.4) is 0 Å². The van der Waals surface area contributed by atoms with Crippen molar-refractivity contribution in [1.82, 2.24) is 4.90 Å². The van der Waals surface area contributed by atoms with Gasteiger partial charge in [0.1, 0.15) is 4.20 Å². The molecule has 1 saturated heterocycles. The molecule has 2 aromatic rings. The zero-order valence-corrected chi connectivity index (χ0v) is 20.5. The molecule has 0 bridgehead atoms. The molecule has 0 aromatic heterocycles. The van der Waals surface area contributed by atoms with Crippen molar-refractivity contribution < 1.29 is 9.47 Å². The Morgan fingerprint density at radius 3 is 2.27 bits per heavy atom. The van der Waals surface area contributed by atoms with Crippen molar-refractivity contribution in [1.29, 1.82) is 0 Å². The molecule has 1 aliphatic rings. The van der Waals surface area contributed by atoms with Gasteiger partial charge in [-0.05, 0) is 66.5 Å². The minimum Gasteiger partial charge on any atom is -0.493 e. The van der Waals surface area contributed by atoms with Gasteiger partial charge in [0, 0.05) is 6.54 Å². The molecular weight excluding hydrogens is 410 g/mol. The van der Waals surface area contributed by atoms with Crippen LogP contribution in [0, 0.1) is 5.92 Å². The van der Waals surface area contributed by atoms with Gasteiger partial charge in [-0.1, -0.05) is 50.2 Å². The van der Waals surface area contributed by atoms with E-state index in [1.807, 2.05) is 6.07 Å². The highest BCUT2D eigenvalue weighted by Crippen LogP contribution is 2.50. The maximum atomic E-state index is 5.53. The molecule has 3 nitrogen and oxygen atoms in total. The molecule has 1 aliphatic heterocycles. The smallest absolute Gasteiger partial charge is 0.160 e. The van der Waals surface area contributed by atoms with Crippen molar-refractivity contribution in [3.05, 3.63) is 59.7 Å². The predicted molar refractivity (Wildman–Crippen MR) is 132 cm³/mol. The molecule has 0 radical (unpaired) electrons. The summed E-state index contributed by atoms with van der Waals surface area (Å²) in [5.41, 5.74) is 2.72. The van der Waals surface area contributed by atoms with E-state index in [-0.39, 0.29) is 4.20 Å². The van der Waals surface area contributed by atoms with Gasteiger partial charge in [-0.25, -0.2) is 0 Å². The number of ether oxygens (including phenoxy) is 2. The third-order valence-electron chi connectivity index (χ3n) is 5.97. The lowest BCUT2D eigenvalue weighted by Crippen LogP contribution is -2.49. The van der Waals surface area contributed by atoms with E-state index in [0.29, 0.717) is 11.8 Å². The van der Waals surface area contributed by atoms with E-state index < -0.39 is 0 Å². The highest BCUT2D eigenvalue weighted by atomic mass is 32.2. The van der Waals surface area contributed by atoms with Crippen LogP contribution in [0.25, 0.3) is 0 Å². The first-order valence-electron chi connectivity index (χ1n) is 10.7. The molecule has 164 valence electrons. The Labute approximate surface area is 190 Å². The number of methoxy groups -OCH3 is 2. The molecule has 30 heavy (non-hydrogen) atoms. The number of nitrogens with zero attached hydrogens (tertiary/aromatic N) is 1. The molecule has 0 aliphatic carbocycles. The van der Waals surface area contributed by atoms with Gasteiger partial charge < -0.3 is 9.47 Å². The Morgan fingerprint density at radius 1 is 0.967 bits per heavy atom. The van der Waals surface area contributed by atoms with E-state index in [2.05, 4.69) is 91.8 Å². The van der Waals surface area contributed by atoms with Gasteiger partial charge in [0.2, 0.25) is 0 Å². The quantitative estimate of drug-likeness (QED) is 0.461. The summed E-state index contributed by atoms with van der Waals surface area (Å²) in [6.07, 6.45) is 2.41. The van der Waals surface area contributed by atoms with Crippen molar-refractivity contribution in [2.24, 2.45) is 5.92 Å². The monoisotopic (exact) mass is 445 g/mol. The summed E-state index contributed by atoms with van der Waals surface area (Å²) < 4.78 is 11.0. The number of rotatable bonds is 9. The van der Waals surface area contributed by atoms with Gasteiger partial charge in [0.25, 0.3) is 0 Å². The summed E-state index contributed by atoms with van der Waals surface area (Å²) in [5.74, 6) is 5.02. The zero-order chi connectivity index (χ0) is 21.6. The second-order valence-electron chi connectivity index (χ2n) is 8.17. The minimum absolute atomic E-state index is 0.110. The van der Waals surface area contributed by atoms with Crippen molar-refractivity contribution in [3.63, 3.8) is 0 Å². The molecular formula is C25H35NO2S2. The average Bonchev–Trinajstić information content (AvgIpc) is 2.79. The minimum atomic E-state index is 0.110. The lowest BCUT2D eigenvalue weighted by atomic mass is 9.97. The fraction of sp³-hybridized carbons (Fsp3) is 0.520. The molecule has 2 aromatic carbocycles. The van der Waals surface area contributed by atoms with Crippen molar-refractivity contribution >= 4 is 23.5 Å². The highest BCUT2D eigenvalue weighted by molar-refractivity contribution is 8.18. The van der Waals surface area contributed by atoms with Crippen LogP contribution in [0.5, 0.6) is 11.5 Å². The fourth-order valence-corrected chi connectivity index (χ4v) is 7.82. The first-order chi connectivity index (χ1) is 14.5. The molecule has 0 saturated carbocycles. The normalized spacial score (nSPS) is 18.1. The van der Waals surface area contributed by atoms with Gasteiger partial charge in [0.05, 0.1) is 14.2 Å². The van der Waals surface area contributed by atoms with E-state index in [4.69, 9.17) is 9.47 Å². The Hall–Kier alpha value is -1.30. The van der Waals surface area contributed by atoms with E-state index in [9.17, 15) is 0 Å². The lowest BCUT2D eigenvalue weighted by molar-refractivity contribution is 0.218. The van der Waals surface area contributed by atoms with E-state index >= 15 is 0 Å². The summed E-state index contributed by atoms with van der Waals surface area (Å²) in [7, 11) is 5.70. The standard InChI is InChI=1S/C25H35NO2S2/c1-19(22-12-13-23(27-4)24(17-22)28-5)18-26(3)25(29-14-9-15-30-25)20(2)16-21-10-7-6-8-11-21/h6-8,10-13,17,19-20H,9,14-16,18H2,1-5H3. The van der Waals surface area contributed by atoms with Crippen LogP contribution in [-0.2, 0) is 6.42 Å². The fourth-order valence-electron chi connectivity index (χ4n) is 4.32. The largest absolute Gasteiger partial charge is 0.493 e. The Morgan fingerprint density at radius 2 is 1.63 bits per heavy atom. The molecule has 1 heterocycles. The number of likely N-dealkylation sites (N-methyl/N-ethyl adjacent to an activating group) is 1. The maximum Gasteiger partial charge on any atom is 0.160 e. The molecule has 3 rings (SSSR count). The summed E-state index contributed by atoms with van der Waals surface area (Å²) in [6, 6.07) is 17.2. The lowest BCUT2D eigenvalue weighted by Gasteiger charge is -2.48. The topological polar surface area (TPSA) is 21.7 Å². The summed E-state index contributed by atoms with van der Waals surface area (Å²) >= 11 is 4.28. The van der Waals surface area contributed by atoms with Crippen LogP contribution in [0.2, 0.25) is 0 Å². The molecule has 5 heteroatoms. The molecule has 0 N–H and O–H groups in total. The first-order valence-corrected chi connectivity index (χ1v) is 12.7. The third-order valence-corrected chi connectivity index (χ3v) is 9.92. The van der Waals surface area contributed by atoms with Crippen molar-refractivity contribution in [2.75, 3.05) is 39.3 Å². The molecule has 1 fully saturated rings. The van der Waals surface area contributed by atoms with Crippen LogP contribution in [0.15, 0.2) is 48.5 Å². The van der Waals surface area contributed by atoms with Crippen LogP contribution >= 0.6 is 23.5 Å². The number of hydrogen-bond acceptors (Lipinski definition) is 5. The van der Waals surface area contributed by atoms with E-state index in [1.54, 1.807) is 14.2 Å². The predicted octanol–water partition coefficient (Wildman–Crippen LogP) is 6.14. The van der Waals surface area contributed by atoms with Gasteiger partial charge >= 0.3 is 0 Å². The average molecular weight is 446 g/mol.